The molecule has 0 saturated carbocycles. The molecule has 5 heteroatoms. The molecule has 5 nitrogen and oxygen atoms in total. The first-order valence-corrected chi connectivity index (χ1v) is 7.18. The van der Waals surface area contributed by atoms with E-state index in [-0.39, 0.29) is 0 Å². The molecule has 2 rings (SSSR count). The summed E-state index contributed by atoms with van der Waals surface area (Å²) in [6, 6.07) is 4.14. The lowest BCUT2D eigenvalue weighted by Gasteiger charge is -2.33. The van der Waals surface area contributed by atoms with E-state index >= 15 is 0 Å². The van der Waals surface area contributed by atoms with Crippen LogP contribution in [0.25, 0.3) is 0 Å². The third-order valence-corrected chi connectivity index (χ3v) is 3.69. The van der Waals surface area contributed by atoms with E-state index in [1.165, 1.54) is 0 Å². The van der Waals surface area contributed by atoms with Crippen molar-refractivity contribution in [3.05, 3.63) is 23.4 Å². The number of ether oxygens (including phenoxy) is 1. The van der Waals surface area contributed by atoms with E-state index in [9.17, 15) is 5.26 Å². The molecule has 2 N–H and O–H groups in total. The van der Waals surface area contributed by atoms with Gasteiger partial charge in [0.25, 0.3) is 0 Å². The summed E-state index contributed by atoms with van der Waals surface area (Å²) >= 11 is 0. The lowest BCUT2D eigenvalue weighted by Crippen LogP contribution is -2.38. The normalized spacial score (nSPS) is 16.1. The predicted octanol–water partition coefficient (Wildman–Crippen LogP) is 1.60. The summed E-state index contributed by atoms with van der Waals surface area (Å²) in [6.07, 6.45) is 4.96. The molecule has 0 bridgehead atoms. The van der Waals surface area contributed by atoms with E-state index in [0.717, 1.165) is 50.3 Å². The summed E-state index contributed by atoms with van der Waals surface area (Å²) in [5.41, 5.74) is 7.14. The van der Waals surface area contributed by atoms with Crippen LogP contribution in [0, 0.1) is 18.3 Å². The maximum atomic E-state index is 9.27. The molecular weight excluding hydrogens is 252 g/mol. The standard InChI is InChI=1S/C15H22N4O/c1-12-3-7-18-15(14(12)11-17)19-8-4-13(5-9-19)20-10-2-6-16/h3,7,13H,2,4-6,8-10,16H2,1H3. The van der Waals surface area contributed by atoms with Gasteiger partial charge >= 0.3 is 0 Å². The summed E-state index contributed by atoms with van der Waals surface area (Å²) in [5, 5.41) is 9.27. The summed E-state index contributed by atoms with van der Waals surface area (Å²) < 4.78 is 5.80. The lowest BCUT2D eigenvalue weighted by atomic mass is 10.1. The van der Waals surface area contributed by atoms with Crippen molar-refractivity contribution in [3.8, 4) is 6.07 Å². The minimum atomic E-state index is 0.313. The molecule has 0 radical (unpaired) electrons. The Morgan fingerprint density at radius 1 is 1.50 bits per heavy atom. The highest BCUT2D eigenvalue weighted by Crippen LogP contribution is 2.24. The summed E-state index contributed by atoms with van der Waals surface area (Å²) in [4.78, 5) is 6.57. The molecule has 1 aromatic rings. The van der Waals surface area contributed by atoms with Gasteiger partial charge in [-0.25, -0.2) is 4.98 Å². The van der Waals surface area contributed by atoms with Crippen molar-refractivity contribution in [3.63, 3.8) is 0 Å². The molecule has 1 aliphatic heterocycles. The number of aryl methyl sites for hydroxylation is 1. The number of nitriles is 1. The number of aromatic nitrogens is 1. The molecule has 1 fully saturated rings. The second-order valence-electron chi connectivity index (χ2n) is 5.14. The van der Waals surface area contributed by atoms with Gasteiger partial charge in [-0.15, -0.1) is 0 Å². The Balaban J connectivity index is 1.94. The van der Waals surface area contributed by atoms with Crippen molar-refractivity contribution in [2.45, 2.75) is 32.3 Å². The summed E-state index contributed by atoms with van der Waals surface area (Å²) in [5.74, 6) is 0.813. The van der Waals surface area contributed by atoms with Crippen molar-refractivity contribution in [2.75, 3.05) is 31.1 Å². The highest BCUT2D eigenvalue weighted by Gasteiger charge is 2.22. The van der Waals surface area contributed by atoms with Gasteiger partial charge in [0.15, 0.2) is 0 Å². The van der Waals surface area contributed by atoms with Gasteiger partial charge in [-0.2, -0.15) is 5.26 Å². The van der Waals surface area contributed by atoms with Gasteiger partial charge in [-0.05, 0) is 44.4 Å². The Morgan fingerprint density at radius 2 is 2.25 bits per heavy atom. The fourth-order valence-electron chi connectivity index (χ4n) is 2.49. The van der Waals surface area contributed by atoms with E-state index in [1.54, 1.807) is 6.20 Å². The van der Waals surface area contributed by atoms with Crippen molar-refractivity contribution >= 4 is 5.82 Å². The van der Waals surface area contributed by atoms with Crippen LogP contribution < -0.4 is 10.6 Å². The molecule has 1 aromatic heterocycles. The Morgan fingerprint density at radius 3 is 2.90 bits per heavy atom. The number of hydrogen-bond donors (Lipinski definition) is 1. The smallest absolute Gasteiger partial charge is 0.146 e. The molecule has 1 saturated heterocycles. The molecular formula is C15H22N4O. The largest absolute Gasteiger partial charge is 0.378 e. The van der Waals surface area contributed by atoms with Gasteiger partial charge in [0, 0.05) is 25.9 Å². The topological polar surface area (TPSA) is 75.2 Å². The van der Waals surface area contributed by atoms with Crippen LogP contribution in [0.5, 0.6) is 0 Å². The second-order valence-corrected chi connectivity index (χ2v) is 5.14. The van der Waals surface area contributed by atoms with E-state index in [1.807, 2.05) is 13.0 Å². The van der Waals surface area contributed by atoms with Crippen molar-refractivity contribution in [2.24, 2.45) is 5.73 Å². The molecule has 1 aliphatic rings. The van der Waals surface area contributed by atoms with Gasteiger partial charge in [-0.1, -0.05) is 0 Å². The third-order valence-electron chi connectivity index (χ3n) is 3.69. The first-order chi connectivity index (χ1) is 9.76. The highest BCUT2D eigenvalue weighted by molar-refractivity contribution is 5.57. The van der Waals surface area contributed by atoms with E-state index in [4.69, 9.17) is 10.5 Å². The molecule has 0 aromatic carbocycles. The highest BCUT2D eigenvalue weighted by atomic mass is 16.5. The second kappa shape index (κ2) is 7.22. The Bertz CT molecular complexity index is 475. The first kappa shape index (κ1) is 14.8. The monoisotopic (exact) mass is 274 g/mol. The zero-order valence-corrected chi connectivity index (χ0v) is 12.0. The zero-order valence-electron chi connectivity index (χ0n) is 12.0. The minimum Gasteiger partial charge on any atom is -0.378 e. The Kier molecular flexibility index (Phi) is 5.33. The summed E-state index contributed by atoms with van der Waals surface area (Å²) in [6.45, 7) is 5.15. The van der Waals surface area contributed by atoms with Gasteiger partial charge in [0.2, 0.25) is 0 Å². The van der Waals surface area contributed by atoms with Crippen molar-refractivity contribution in [1.29, 1.82) is 5.26 Å². The van der Waals surface area contributed by atoms with Gasteiger partial charge in [0.05, 0.1) is 11.7 Å². The number of hydrogen-bond acceptors (Lipinski definition) is 5. The van der Waals surface area contributed by atoms with E-state index < -0.39 is 0 Å². The maximum Gasteiger partial charge on any atom is 0.146 e. The number of anilines is 1. The quantitative estimate of drug-likeness (QED) is 0.825. The van der Waals surface area contributed by atoms with E-state index in [0.29, 0.717) is 18.2 Å². The minimum absolute atomic E-state index is 0.313. The van der Waals surface area contributed by atoms with Crippen LogP contribution in [0.2, 0.25) is 0 Å². The average molecular weight is 274 g/mol. The van der Waals surface area contributed by atoms with Gasteiger partial charge in [-0.3, -0.25) is 0 Å². The number of piperidine rings is 1. The van der Waals surface area contributed by atoms with Crippen LogP contribution in [-0.2, 0) is 4.74 Å². The van der Waals surface area contributed by atoms with Crippen LogP contribution in [0.3, 0.4) is 0 Å². The van der Waals surface area contributed by atoms with E-state index in [2.05, 4.69) is 16.0 Å². The maximum absolute atomic E-state index is 9.27. The molecule has 108 valence electrons. The van der Waals surface area contributed by atoms with Crippen LogP contribution in [0.1, 0.15) is 30.4 Å². The Hall–Kier alpha value is -1.64. The first-order valence-electron chi connectivity index (χ1n) is 7.18. The molecule has 0 atom stereocenters. The Labute approximate surface area is 120 Å². The molecule has 0 spiro atoms. The zero-order chi connectivity index (χ0) is 14.4. The van der Waals surface area contributed by atoms with Crippen LogP contribution in [0.15, 0.2) is 12.3 Å². The molecule has 0 aliphatic carbocycles. The average Bonchev–Trinajstić information content (AvgIpc) is 2.48. The number of nitrogens with zero attached hydrogens (tertiary/aromatic N) is 3. The third kappa shape index (κ3) is 3.47. The SMILES string of the molecule is Cc1ccnc(N2CCC(OCCCN)CC2)c1C#N. The number of rotatable bonds is 5. The molecule has 0 amide bonds. The fraction of sp³-hybridized carbons (Fsp3) is 0.600. The predicted molar refractivity (Wildman–Crippen MR) is 78.5 cm³/mol. The van der Waals surface area contributed by atoms with Gasteiger partial charge < -0.3 is 15.4 Å². The van der Waals surface area contributed by atoms with Gasteiger partial charge in [0.1, 0.15) is 11.9 Å². The number of pyridine rings is 1. The molecule has 20 heavy (non-hydrogen) atoms. The van der Waals surface area contributed by atoms with Crippen molar-refractivity contribution in [1.82, 2.24) is 4.98 Å². The van der Waals surface area contributed by atoms with Crippen LogP contribution in [-0.4, -0.2) is 37.3 Å². The van der Waals surface area contributed by atoms with Crippen LogP contribution >= 0.6 is 0 Å². The molecule has 2 heterocycles. The van der Waals surface area contributed by atoms with Crippen LogP contribution in [0.4, 0.5) is 5.82 Å². The number of nitrogens with two attached hydrogens (primary N) is 1. The fourth-order valence-corrected chi connectivity index (χ4v) is 2.49. The lowest BCUT2D eigenvalue weighted by molar-refractivity contribution is 0.0365. The van der Waals surface area contributed by atoms with Crippen molar-refractivity contribution < 1.29 is 4.74 Å². The summed E-state index contributed by atoms with van der Waals surface area (Å²) in [7, 11) is 0. The molecule has 0 unspecified atom stereocenters.